The van der Waals surface area contributed by atoms with Crippen LogP contribution in [0.4, 0.5) is 10.5 Å². The maximum atomic E-state index is 13.3. The molecule has 0 spiro atoms. The van der Waals surface area contributed by atoms with Gasteiger partial charge in [0, 0.05) is 18.4 Å². The minimum Gasteiger partial charge on any atom is -0.325 e. The van der Waals surface area contributed by atoms with Crippen LogP contribution in [0.15, 0.2) is 60.4 Å². The maximum Gasteiger partial charge on any atom is 0.331 e. The van der Waals surface area contributed by atoms with E-state index in [1.165, 1.54) is 9.80 Å². The predicted molar refractivity (Wildman–Crippen MR) is 121 cm³/mol. The molecule has 2 aliphatic rings. The molecular formula is C24H27N5O3. The topological polar surface area (TPSA) is 85.0 Å². The van der Waals surface area contributed by atoms with Crippen molar-refractivity contribution in [3.8, 4) is 0 Å². The molecule has 2 aliphatic heterocycles. The zero-order valence-corrected chi connectivity index (χ0v) is 18.5. The number of nitrogens with one attached hydrogen (secondary N) is 2. The van der Waals surface area contributed by atoms with Crippen LogP contribution in [0.3, 0.4) is 0 Å². The number of benzene rings is 2. The van der Waals surface area contributed by atoms with Gasteiger partial charge in [-0.3, -0.25) is 19.4 Å². The Bertz CT molecular complexity index is 1060. The molecule has 1 atom stereocenters. The smallest absolute Gasteiger partial charge is 0.325 e. The highest BCUT2D eigenvalue weighted by molar-refractivity contribution is 6.05. The molecule has 8 heteroatoms. The maximum absolute atomic E-state index is 13.3. The first kappa shape index (κ1) is 21.6. The lowest BCUT2D eigenvalue weighted by molar-refractivity contribution is -0.133. The van der Waals surface area contributed by atoms with Crippen molar-refractivity contribution in [1.29, 1.82) is 0 Å². The number of anilines is 1. The van der Waals surface area contributed by atoms with Gasteiger partial charge in [0.2, 0.25) is 5.91 Å². The minimum atomic E-state index is -0.703. The third-order valence-electron chi connectivity index (χ3n) is 5.50. The van der Waals surface area contributed by atoms with E-state index >= 15 is 0 Å². The van der Waals surface area contributed by atoms with Crippen molar-refractivity contribution in [1.82, 2.24) is 20.2 Å². The summed E-state index contributed by atoms with van der Waals surface area (Å²) >= 11 is 0. The Kier molecular flexibility index (Phi) is 5.96. The highest BCUT2D eigenvalue weighted by Gasteiger charge is 2.46. The van der Waals surface area contributed by atoms with Gasteiger partial charge in [-0.15, -0.1) is 0 Å². The fourth-order valence-corrected chi connectivity index (χ4v) is 4.06. The molecule has 0 aliphatic carbocycles. The number of amides is 4. The lowest BCUT2D eigenvalue weighted by Gasteiger charge is -2.37. The largest absolute Gasteiger partial charge is 0.331 e. The molecule has 2 aromatic rings. The van der Waals surface area contributed by atoms with E-state index in [9.17, 15) is 14.4 Å². The molecule has 166 valence electrons. The SMILES string of the molecule is CCN1C=C2C(N1)C(=O)N(Cc1ccccc1)C(=O)N2CC(=O)Nc1cc(C)cc(C)c1. The molecule has 8 nitrogen and oxygen atoms in total. The third kappa shape index (κ3) is 4.36. The fraction of sp³-hybridized carbons (Fsp3) is 0.292. The van der Waals surface area contributed by atoms with Gasteiger partial charge in [-0.1, -0.05) is 36.4 Å². The summed E-state index contributed by atoms with van der Waals surface area (Å²) < 4.78 is 0. The second-order valence-corrected chi connectivity index (χ2v) is 8.11. The second kappa shape index (κ2) is 8.84. The molecule has 4 amide bonds. The Balaban J connectivity index is 1.58. The number of urea groups is 1. The van der Waals surface area contributed by atoms with Crippen LogP contribution in [0, 0.1) is 13.8 Å². The van der Waals surface area contributed by atoms with Crippen molar-refractivity contribution in [3.05, 3.63) is 77.1 Å². The number of fused-ring (bicyclic) bond motifs is 1. The number of hydrazine groups is 1. The number of imide groups is 1. The number of carbonyl (C=O) groups is 3. The summed E-state index contributed by atoms with van der Waals surface area (Å²) in [5.41, 5.74) is 7.20. The van der Waals surface area contributed by atoms with Crippen molar-refractivity contribution >= 4 is 23.5 Å². The molecule has 2 heterocycles. The van der Waals surface area contributed by atoms with E-state index in [-0.39, 0.29) is 24.9 Å². The molecule has 0 bridgehead atoms. The van der Waals surface area contributed by atoms with Crippen LogP contribution in [0.25, 0.3) is 0 Å². The van der Waals surface area contributed by atoms with E-state index in [0.717, 1.165) is 16.7 Å². The molecule has 4 rings (SSSR count). The van der Waals surface area contributed by atoms with Gasteiger partial charge in [0.15, 0.2) is 0 Å². The summed E-state index contributed by atoms with van der Waals surface area (Å²) in [5.74, 6) is -0.654. The van der Waals surface area contributed by atoms with Crippen molar-refractivity contribution in [3.63, 3.8) is 0 Å². The van der Waals surface area contributed by atoms with Gasteiger partial charge >= 0.3 is 6.03 Å². The molecule has 2 N–H and O–H groups in total. The van der Waals surface area contributed by atoms with Gasteiger partial charge in [-0.05, 0) is 49.6 Å². The molecule has 2 aromatic carbocycles. The molecule has 0 aromatic heterocycles. The lowest BCUT2D eigenvalue weighted by atomic mass is 10.1. The molecular weight excluding hydrogens is 406 g/mol. The number of nitrogens with zero attached hydrogens (tertiary/aromatic N) is 3. The number of hydrogen-bond donors (Lipinski definition) is 2. The quantitative estimate of drug-likeness (QED) is 0.732. The van der Waals surface area contributed by atoms with E-state index in [2.05, 4.69) is 10.7 Å². The van der Waals surface area contributed by atoms with Crippen molar-refractivity contribution < 1.29 is 14.4 Å². The average Bonchev–Trinajstić information content (AvgIpc) is 3.19. The molecule has 0 saturated carbocycles. The first-order chi connectivity index (χ1) is 15.4. The Hall–Kier alpha value is -3.65. The molecule has 0 radical (unpaired) electrons. The first-order valence-electron chi connectivity index (χ1n) is 10.6. The Morgan fingerprint density at radius 2 is 1.72 bits per heavy atom. The van der Waals surface area contributed by atoms with Crippen LogP contribution in [-0.2, 0) is 16.1 Å². The molecule has 32 heavy (non-hydrogen) atoms. The van der Waals surface area contributed by atoms with Gasteiger partial charge < -0.3 is 10.3 Å². The van der Waals surface area contributed by atoms with Crippen molar-refractivity contribution in [2.45, 2.75) is 33.4 Å². The predicted octanol–water partition coefficient (Wildman–Crippen LogP) is 2.76. The monoisotopic (exact) mass is 433 g/mol. The highest BCUT2D eigenvalue weighted by atomic mass is 16.2. The molecule has 1 fully saturated rings. The van der Waals surface area contributed by atoms with Gasteiger partial charge in [0.1, 0.15) is 12.6 Å². The number of hydrogen-bond acceptors (Lipinski definition) is 5. The number of carbonyl (C=O) groups excluding carboxylic acids is 3. The number of aryl methyl sites for hydroxylation is 2. The van der Waals surface area contributed by atoms with Crippen LogP contribution in [0.2, 0.25) is 0 Å². The summed E-state index contributed by atoms with van der Waals surface area (Å²) in [7, 11) is 0. The van der Waals surface area contributed by atoms with Crippen LogP contribution in [-0.4, -0.2) is 51.8 Å². The molecule has 1 saturated heterocycles. The van der Waals surface area contributed by atoms with Crippen LogP contribution in [0.1, 0.15) is 23.6 Å². The van der Waals surface area contributed by atoms with Crippen molar-refractivity contribution in [2.75, 3.05) is 18.4 Å². The molecule has 1 unspecified atom stereocenters. The highest BCUT2D eigenvalue weighted by Crippen LogP contribution is 2.27. The minimum absolute atomic E-state index is 0.144. The summed E-state index contributed by atoms with van der Waals surface area (Å²) in [6.07, 6.45) is 1.73. The van der Waals surface area contributed by atoms with Crippen LogP contribution >= 0.6 is 0 Å². The summed E-state index contributed by atoms with van der Waals surface area (Å²) in [5, 5.41) is 4.63. The lowest BCUT2D eigenvalue weighted by Crippen LogP contribution is -2.61. The summed E-state index contributed by atoms with van der Waals surface area (Å²) in [6.45, 7) is 6.43. The van der Waals surface area contributed by atoms with E-state index in [4.69, 9.17) is 0 Å². The van der Waals surface area contributed by atoms with E-state index in [1.54, 1.807) is 11.2 Å². The Morgan fingerprint density at radius 3 is 2.38 bits per heavy atom. The van der Waals surface area contributed by atoms with Gasteiger partial charge in [-0.2, -0.15) is 0 Å². The standard InChI is InChI=1S/C24H27N5O3/c1-4-27-14-20-22(26-27)23(31)29(13-18-8-6-5-7-9-18)24(32)28(20)15-21(30)25-19-11-16(2)10-17(3)12-19/h5-12,14,22,26H,4,13,15H2,1-3H3,(H,25,30). The summed E-state index contributed by atoms with van der Waals surface area (Å²) in [4.78, 5) is 41.9. The van der Waals surface area contributed by atoms with Crippen LogP contribution < -0.4 is 10.7 Å². The fourth-order valence-electron chi connectivity index (χ4n) is 4.06. The average molecular weight is 434 g/mol. The zero-order valence-electron chi connectivity index (χ0n) is 18.5. The van der Waals surface area contributed by atoms with Gasteiger partial charge in [0.25, 0.3) is 5.91 Å². The Labute approximate surface area is 187 Å². The van der Waals surface area contributed by atoms with E-state index in [0.29, 0.717) is 17.9 Å². The normalized spacial score (nSPS) is 18.0. The van der Waals surface area contributed by atoms with Gasteiger partial charge in [-0.25, -0.2) is 10.2 Å². The Morgan fingerprint density at radius 1 is 1.03 bits per heavy atom. The summed E-state index contributed by atoms with van der Waals surface area (Å²) in [6, 6.07) is 13.9. The zero-order chi connectivity index (χ0) is 22.8. The van der Waals surface area contributed by atoms with Gasteiger partial charge in [0.05, 0.1) is 12.2 Å². The third-order valence-corrected chi connectivity index (χ3v) is 5.50. The van der Waals surface area contributed by atoms with Crippen LogP contribution in [0.5, 0.6) is 0 Å². The van der Waals surface area contributed by atoms with E-state index in [1.807, 2.05) is 69.3 Å². The van der Waals surface area contributed by atoms with E-state index < -0.39 is 12.1 Å². The van der Waals surface area contributed by atoms with Crippen molar-refractivity contribution in [2.24, 2.45) is 0 Å². The number of rotatable bonds is 6. The first-order valence-corrected chi connectivity index (χ1v) is 10.6. The second-order valence-electron chi connectivity index (χ2n) is 8.11.